The second kappa shape index (κ2) is 4.24. The van der Waals surface area contributed by atoms with E-state index in [1.807, 2.05) is 6.07 Å². The van der Waals surface area contributed by atoms with Gasteiger partial charge in [-0.15, -0.1) is 10.2 Å². The van der Waals surface area contributed by atoms with Gasteiger partial charge in [0.15, 0.2) is 6.10 Å². The van der Waals surface area contributed by atoms with Gasteiger partial charge in [0.05, 0.1) is 11.4 Å². The van der Waals surface area contributed by atoms with E-state index in [0.29, 0.717) is 22.9 Å². The Morgan fingerprint density at radius 3 is 2.84 bits per heavy atom. The van der Waals surface area contributed by atoms with Crippen LogP contribution in [0.15, 0.2) is 30.3 Å². The fraction of sp³-hybridized carbons (Fsp3) is 0.154. The molecule has 2 heterocycles. The van der Waals surface area contributed by atoms with E-state index in [4.69, 9.17) is 10.5 Å². The molecule has 2 aromatic rings. The molecule has 96 valence electrons. The monoisotopic (exact) mass is 256 g/mol. The lowest BCUT2D eigenvalue weighted by Gasteiger charge is -2.23. The summed E-state index contributed by atoms with van der Waals surface area (Å²) in [6, 6.07) is 8.93. The average Bonchev–Trinajstić information content (AvgIpc) is 2.40. The van der Waals surface area contributed by atoms with Gasteiger partial charge in [0.25, 0.3) is 5.91 Å². The Bertz CT molecular complexity index is 640. The summed E-state index contributed by atoms with van der Waals surface area (Å²) in [5, 5.41) is 10.6. The third kappa shape index (κ3) is 2.08. The summed E-state index contributed by atoms with van der Waals surface area (Å²) in [5.41, 5.74) is 7.66. The van der Waals surface area contributed by atoms with Gasteiger partial charge in [0.1, 0.15) is 11.6 Å². The molecule has 0 saturated carbocycles. The van der Waals surface area contributed by atoms with E-state index in [1.54, 1.807) is 31.2 Å². The fourth-order valence-corrected chi connectivity index (χ4v) is 1.86. The highest BCUT2D eigenvalue weighted by Gasteiger charge is 2.23. The maximum atomic E-state index is 11.6. The molecule has 0 radical (unpaired) electrons. The number of nitrogens with one attached hydrogen (secondary N) is 1. The zero-order valence-corrected chi connectivity index (χ0v) is 10.3. The Kier molecular flexibility index (Phi) is 2.56. The number of hydrogen-bond donors (Lipinski definition) is 2. The Morgan fingerprint density at radius 1 is 1.26 bits per heavy atom. The largest absolute Gasteiger partial charge is 0.479 e. The number of carbonyl (C=O) groups is 1. The number of nitrogens with two attached hydrogens (primary N) is 1. The lowest BCUT2D eigenvalue weighted by atomic mass is 10.1. The van der Waals surface area contributed by atoms with Crippen LogP contribution in [0.1, 0.15) is 6.92 Å². The summed E-state index contributed by atoms with van der Waals surface area (Å²) in [7, 11) is 0. The number of carbonyl (C=O) groups excluding carboxylic acids is 1. The van der Waals surface area contributed by atoms with Crippen LogP contribution in [0.4, 0.5) is 11.5 Å². The minimum atomic E-state index is -0.477. The number of aromatic nitrogens is 2. The number of ether oxygens (including phenoxy) is 1. The molecule has 0 spiro atoms. The summed E-state index contributed by atoms with van der Waals surface area (Å²) in [6.07, 6.45) is -0.477. The summed E-state index contributed by atoms with van der Waals surface area (Å²) >= 11 is 0. The van der Waals surface area contributed by atoms with E-state index in [-0.39, 0.29) is 5.91 Å². The predicted molar refractivity (Wildman–Crippen MR) is 70.6 cm³/mol. The van der Waals surface area contributed by atoms with Gasteiger partial charge in [0, 0.05) is 5.56 Å². The van der Waals surface area contributed by atoms with Gasteiger partial charge in [-0.1, -0.05) is 0 Å². The smallest absolute Gasteiger partial charge is 0.265 e. The van der Waals surface area contributed by atoms with Crippen LogP contribution >= 0.6 is 0 Å². The van der Waals surface area contributed by atoms with Crippen molar-refractivity contribution < 1.29 is 9.53 Å². The van der Waals surface area contributed by atoms with Crippen molar-refractivity contribution in [3.63, 3.8) is 0 Å². The van der Waals surface area contributed by atoms with Crippen molar-refractivity contribution in [2.75, 3.05) is 11.1 Å². The molecule has 1 aromatic carbocycles. The van der Waals surface area contributed by atoms with E-state index >= 15 is 0 Å². The molecule has 0 saturated heterocycles. The van der Waals surface area contributed by atoms with Crippen molar-refractivity contribution in [2.45, 2.75) is 13.0 Å². The van der Waals surface area contributed by atoms with Crippen LogP contribution in [0.5, 0.6) is 5.75 Å². The van der Waals surface area contributed by atoms with Crippen LogP contribution in [0, 0.1) is 0 Å². The van der Waals surface area contributed by atoms with E-state index in [1.165, 1.54) is 0 Å². The molecule has 1 amide bonds. The van der Waals surface area contributed by atoms with E-state index in [9.17, 15) is 4.79 Å². The molecule has 0 fully saturated rings. The topological polar surface area (TPSA) is 90.1 Å². The number of amides is 1. The third-order valence-electron chi connectivity index (χ3n) is 2.89. The minimum absolute atomic E-state index is 0.159. The van der Waals surface area contributed by atoms with E-state index in [0.717, 1.165) is 5.56 Å². The van der Waals surface area contributed by atoms with Crippen LogP contribution in [0.3, 0.4) is 0 Å². The quantitative estimate of drug-likeness (QED) is 0.805. The standard InChI is InChI=1S/C13H12N4O2/c1-7-13(18)15-10-6-8(2-4-11(10)19-7)9-3-5-12(14)17-16-9/h2-7H,1H3,(H2,14,17)(H,15,18). The van der Waals surface area contributed by atoms with Crippen LogP contribution < -0.4 is 15.8 Å². The van der Waals surface area contributed by atoms with Gasteiger partial charge in [-0.3, -0.25) is 4.79 Å². The zero-order valence-electron chi connectivity index (χ0n) is 10.3. The van der Waals surface area contributed by atoms with Crippen molar-refractivity contribution in [3.05, 3.63) is 30.3 Å². The number of fused-ring (bicyclic) bond motifs is 1. The highest BCUT2D eigenvalue weighted by Crippen LogP contribution is 2.33. The lowest BCUT2D eigenvalue weighted by Crippen LogP contribution is -2.34. The molecule has 1 atom stereocenters. The molecule has 1 aliphatic rings. The first kappa shape index (κ1) is 11.5. The molecule has 19 heavy (non-hydrogen) atoms. The molecule has 3 N–H and O–H groups in total. The third-order valence-corrected chi connectivity index (χ3v) is 2.89. The van der Waals surface area contributed by atoms with Crippen LogP contribution in [0.2, 0.25) is 0 Å². The lowest BCUT2D eigenvalue weighted by molar-refractivity contribution is -0.122. The Balaban J connectivity index is 2.00. The fourth-order valence-electron chi connectivity index (χ4n) is 1.86. The van der Waals surface area contributed by atoms with Gasteiger partial charge in [0.2, 0.25) is 0 Å². The Hall–Kier alpha value is -2.63. The number of nitrogen functional groups attached to an aromatic ring is 1. The molecule has 0 aliphatic carbocycles. The van der Waals surface area contributed by atoms with Crippen molar-refractivity contribution >= 4 is 17.4 Å². The maximum Gasteiger partial charge on any atom is 0.265 e. The van der Waals surface area contributed by atoms with Gasteiger partial charge < -0.3 is 15.8 Å². The zero-order chi connectivity index (χ0) is 13.4. The molecule has 0 bridgehead atoms. The normalized spacial score (nSPS) is 17.3. The number of hydrogen-bond acceptors (Lipinski definition) is 5. The highest BCUT2D eigenvalue weighted by molar-refractivity contribution is 5.98. The van der Waals surface area contributed by atoms with Crippen molar-refractivity contribution in [1.82, 2.24) is 10.2 Å². The minimum Gasteiger partial charge on any atom is -0.479 e. The second-order valence-corrected chi connectivity index (χ2v) is 4.30. The SMILES string of the molecule is CC1Oc2ccc(-c3ccc(N)nn3)cc2NC1=O. The average molecular weight is 256 g/mol. The molecule has 6 heteroatoms. The van der Waals surface area contributed by atoms with E-state index < -0.39 is 6.10 Å². The summed E-state index contributed by atoms with van der Waals surface area (Å²) in [6.45, 7) is 1.71. The first-order valence-corrected chi connectivity index (χ1v) is 5.84. The van der Waals surface area contributed by atoms with Crippen LogP contribution in [-0.4, -0.2) is 22.2 Å². The Labute approximate surface area is 109 Å². The number of nitrogens with zero attached hydrogens (tertiary/aromatic N) is 2. The molecule has 6 nitrogen and oxygen atoms in total. The van der Waals surface area contributed by atoms with Gasteiger partial charge in [-0.2, -0.15) is 0 Å². The van der Waals surface area contributed by atoms with Crippen molar-refractivity contribution in [2.24, 2.45) is 0 Å². The van der Waals surface area contributed by atoms with Gasteiger partial charge >= 0.3 is 0 Å². The molecule has 1 aromatic heterocycles. The number of benzene rings is 1. The summed E-state index contributed by atoms with van der Waals surface area (Å²) in [4.78, 5) is 11.6. The predicted octanol–water partition coefficient (Wildman–Crippen LogP) is 1.45. The molecule has 1 unspecified atom stereocenters. The van der Waals surface area contributed by atoms with Crippen LogP contribution in [-0.2, 0) is 4.79 Å². The maximum absolute atomic E-state index is 11.6. The van der Waals surface area contributed by atoms with Crippen molar-refractivity contribution in [1.29, 1.82) is 0 Å². The van der Waals surface area contributed by atoms with Crippen molar-refractivity contribution in [3.8, 4) is 17.0 Å². The first-order chi connectivity index (χ1) is 9.13. The van der Waals surface area contributed by atoms with Gasteiger partial charge in [-0.25, -0.2) is 0 Å². The molecule has 3 rings (SSSR count). The summed E-state index contributed by atoms with van der Waals surface area (Å²) in [5.74, 6) is 0.861. The first-order valence-electron chi connectivity index (χ1n) is 5.84. The molecular formula is C13H12N4O2. The van der Waals surface area contributed by atoms with Crippen LogP contribution in [0.25, 0.3) is 11.3 Å². The molecule has 1 aliphatic heterocycles. The second-order valence-electron chi connectivity index (χ2n) is 4.30. The number of rotatable bonds is 1. The number of anilines is 2. The van der Waals surface area contributed by atoms with Gasteiger partial charge in [-0.05, 0) is 37.3 Å². The van der Waals surface area contributed by atoms with E-state index in [2.05, 4.69) is 15.5 Å². The Morgan fingerprint density at radius 2 is 2.11 bits per heavy atom. The molecular weight excluding hydrogens is 244 g/mol. The summed E-state index contributed by atoms with van der Waals surface area (Å²) < 4.78 is 5.49. The highest BCUT2D eigenvalue weighted by atomic mass is 16.5.